The second-order valence-electron chi connectivity index (χ2n) is 9.21. The molecule has 1 aliphatic heterocycles. The van der Waals surface area contributed by atoms with Gasteiger partial charge < -0.3 is 19.7 Å². The summed E-state index contributed by atoms with van der Waals surface area (Å²) < 4.78 is 56.8. The fourth-order valence-corrected chi connectivity index (χ4v) is 5.79. The van der Waals surface area contributed by atoms with Crippen LogP contribution in [-0.2, 0) is 9.47 Å². The molecule has 5 aromatic rings. The van der Waals surface area contributed by atoms with Gasteiger partial charge in [0.2, 0.25) is 0 Å². The van der Waals surface area contributed by atoms with Gasteiger partial charge in [-0.15, -0.1) is 16.4 Å². The van der Waals surface area contributed by atoms with E-state index in [2.05, 4.69) is 25.4 Å². The number of halogens is 3. The number of fused-ring (bicyclic) bond motifs is 1. The van der Waals surface area contributed by atoms with Crippen molar-refractivity contribution in [3.8, 4) is 16.9 Å². The normalized spacial score (nSPS) is 23.2. The Morgan fingerprint density at radius 1 is 1.15 bits per heavy atom. The molecule has 1 fully saturated rings. The number of thiazole rings is 1. The van der Waals surface area contributed by atoms with Crippen LogP contribution in [0, 0.1) is 24.4 Å². The van der Waals surface area contributed by atoms with Gasteiger partial charge in [-0.25, -0.2) is 32.5 Å². The summed E-state index contributed by atoms with van der Waals surface area (Å²) in [6.45, 7) is 1.38. The lowest BCUT2D eigenvalue weighted by atomic mass is 9.92. The van der Waals surface area contributed by atoms with Crippen molar-refractivity contribution in [1.29, 1.82) is 0 Å². The first kappa shape index (κ1) is 26.5. The first-order valence-corrected chi connectivity index (χ1v) is 12.9. The molecule has 11 nitrogen and oxygen atoms in total. The van der Waals surface area contributed by atoms with Crippen LogP contribution in [0.4, 0.5) is 13.2 Å². The van der Waals surface area contributed by atoms with Crippen molar-refractivity contribution in [1.82, 2.24) is 34.7 Å². The quantitative estimate of drug-likeness (QED) is 0.294. The summed E-state index contributed by atoms with van der Waals surface area (Å²) in [6.07, 6.45) is -1.57. The van der Waals surface area contributed by atoms with Gasteiger partial charge in [0.15, 0.2) is 23.3 Å². The van der Waals surface area contributed by atoms with E-state index in [1.165, 1.54) is 35.7 Å². The van der Waals surface area contributed by atoms with Crippen molar-refractivity contribution in [2.75, 3.05) is 13.7 Å². The fraction of sp³-hybridized carbons (Fsp3) is 0.320. The fourth-order valence-electron chi connectivity index (χ4n) is 4.93. The van der Waals surface area contributed by atoms with Gasteiger partial charge in [0.25, 0.3) is 0 Å². The molecule has 1 aliphatic rings. The van der Waals surface area contributed by atoms with Crippen LogP contribution >= 0.6 is 11.3 Å². The van der Waals surface area contributed by atoms with Crippen molar-refractivity contribution in [2.45, 2.75) is 37.4 Å². The number of benzene rings is 2. The lowest BCUT2D eigenvalue weighted by Crippen LogP contribution is -2.53. The third-order valence-electron chi connectivity index (χ3n) is 6.79. The second-order valence-corrected chi connectivity index (χ2v) is 10.4. The molecule has 2 N–H and O–H groups in total. The SMILES string of the molecule is CO[C@@H]1[C@@H](n2cc(-c3cc(F)c(F)c(F)c3)nn2)[C@@H](O)[C@@H](CO)O[C@H]1c1ncnn1-c1ccc2nc(C)sc2c1. The smallest absolute Gasteiger partial charge is 0.194 e. The molecule has 0 radical (unpaired) electrons. The molecular weight excluding hydrogens is 551 g/mol. The second kappa shape index (κ2) is 10.3. The van der Waals surface area contributed by atoms with Crippen LogP contribution in [0.5, 0.6) is 0 Å². The number of ether oxygens (including phenoxy) is 2. The van der Waals surface area contributed by atoms with Crippen LogP contribution < -0.4 is 0 Å². The number of rotatable bonds is 6. The summed E-state index contributed by atoms with van der Waals surface area (Å²) in [5, 5.41) is 34.5. The van der Waals surface area contributed by atoms with E-state index in [0.29, 0.717) is 11.5 Å². The molecule has 1 saturated heterocycles. The number of aromatic nitrogens is 7. The van der Waals surface area contributed by atoms with Gasteiger partial charge >= 0.3 is 0 Å². The largest absolute Gasteiger partial charge is 0.394 e. The maximum atomic E-state index is 13.8. The Morgan fingerprint density at radius 3 is 2.65 bits per heavy atom. The Morgan fingerprint density at radius 2 is 1.93 bits per heavy atom. The molecule has 0 saturated carbocycles. The highest BCUT2D eigenvalue weighted by atomic mass is 32.1. The van der Waals surface area contributed by atoms with Crippen LogP contribution in [0.25, 0.3) is 27.2 Å². The lowest BCUT2D eigenvalue weighted by molar-refractivity contribution is -0.217. The molecule has 15 heteroatoms. The van der Waals surface area contributed by atoms with E-state index in [1.807, 2.05) is 25.1 Å². The van der Waals surface area contributed by atoms with Crippen LogP contribution in [0.2, 0.25) is 0 Å². The summed E-state index contributed by atoms with van der Waals surface area (Å²) in [6, 6.07) is 6.24. The number of aliphatic hydroxyl groups is 2. The van der Waals surface area contributed by atoms with Gasteiger partial charge in [0.1, 0.15) is 42.5 Å². The first-order valence-electron chi connectivity index (χ1n) is 12.1. The van der Waals surface area contributed by atoms with Crippen molar-refractivity contribution in [3.05, 3.63) is 71.1 Å². The molecule has 208 valence electrons. The molecule has 40 heavy (non-hydrogen) atoms. The molecular formula is C25H22F3N7O4S. The summed E-state index contributed by atoms with van der Waals surface area (Å²) in [4.78, 5) is 8.89. The molecule has 6 rings (SSSR count). The van der Waals surface area contributed by atoms with Gasteiger partial charge in [-0.05, 0) is 37.3 Å². The number of aryl methyl sites for hydroxylation is 1. The number of hydrogen-bond acceptors (Lipinski definition) is 10. The zero-order chi connectivity index (χ0) is 28.1. The van der Waals surface area contributed by atoms with Gasteiger partial charge in [-0.3, -0.25) is 0 Å². The number of methoxy groups -OCH3 is 1. The Kier molecular flexibility index (Phi) is 6.83. The average Bonchev–Trinajstić information content (AvgIpc) is 3.69. The Balaban J connectivity index is 1.39. The predicted molar refractivity (Wildman–Crippen MR) is 135 cm³/mol. The van der Waals surface area contributed by atoms with Crippen molar-refractivity contribution < 1.29 is 32.9 Å². The van der Waals surface area contributed by atoms with E-state index >= 15 is 0 Å². The highest BCUT2D eigenvalue weighted by Gasteiger charge is 2.49. The summed E-state index contributed by atoms with van der Waals surface area (Å²) in [5.74, 6) is -4.02. The van der Waals surface area contributed by atoms with E-state index in [1.54, 1.807) is 4.68 Å². The van der Waals surface area contributed by atoms with Crippen molar-refractivity contribution >= 4 is 21.6 Å². The van der Waals surface area contributed by atoms with Crippen LogP contribution in [-0.4, -0.2) is 77.0 Å². The number of aliphatic hydroxyl groups excluding tert-OH is 2. The predicted octanol–water partition coefficient (Wildman–Crippen LogP) is 2.91. The Hall–Kier alpha value is -3.76. The number of nitrogens with zero attached hydrogens (tertiary/aromatic N) is 7. The van der Waals surface area contributed by atoms with E-state index in [0.717, 1.165) is 27.4 Å². The Bertz CT molecular complexity index is 1670. The zero-order valence-electron chi connectivity index (χ0n) is 21.0. The Labute approximate surface area is 228 Å². The number of hydrogen-bond donors (Lipinski definition) is 2. The summed E-state index contributed by atoms with van der Waals surface area (Å²) >= 11 is 1.53. The van der Waals surface area contributed by atoms with Gasteiger partial charge in [-0.2, -0.15) is 5.10 Å². The minimum Gasteiger partial charge on any atom is -0.394 e. The minimum atomic E-state index is -1.60. The van der Waals surface area contributed by atoms with Gasteiger partial charge in [0, 0.05) is 12.7 Å². The van der Waals surface area contributed by atoms with Crippen LogP contribution in [0.15, 0.2) is 42.9 Å². The zero-order valence-corrected chi connectivity index (χ0v) is 21.8. The lowest BCUT2D eigenvalue weighted by Gasteiger charge is -2.43. The van der Waals surface area contributed by atoms with Crippen LogP contribution in [0.1, 0.15) is 23.0 Å². The average molecular weight is 574 g/mol. The van der Waals surface area contributed by atoms with Crippen LogP contribution in [0.3, 0.4) is 0 Å². The molecule has 0 amide bonds. The third-order valence-corrected chi connectivity index (χ3v) is 7.72. The highest BCUT2D eigenvalue weighted by Crippen LogP contribution is 2.40. The summed E-state index contributed by atoms with van der Waals surface area (Å²) in [5.41, 5.74) is 1.51. The van der Waals surface area contributed by atoms with Gasteiger partial charge in [0.05, 0.1) is 33.7 Å². The maximum Gasteiger partial charge on any atom is 0.194 e. The topological polar surface area (TPSA) is 133 Å². The van der Waals surface area contributed by atoms with E-state index in [9.17, 15) is 23.4 Å². The molecule has 5 atom stereocenters. The maximum absolute atomic E-state index is 13.8. The van der Waals surface area contributed by atoms with Gasteiger partial charge in [-0.1, -0.05) is 5.21 Å². The molecule has 0 bridgehead atoms. The molecule has 0 aliphatic carbocycles. The van der Waals surface area contributed by atoms with E-state index in [-0.39, 0.29) is 11.3 Å². The standard InChI is InChI=1S/C25H22F3N7O4S/c1-11-31-16-4-3-13(7-19(16)40-11)35-25(29-10-30-35)24-23(38-2)21(22(37)18(9-36)39-24)34-8-17(32-33-34)12-5-14(26)20(28)15(27)6-12/h3-8,10,18,21-24,36-37H,9H2,1-2H3/t18-,21+,22+,23-,24-/m1/s1. The monoisotopic (exact) mass is 573 g/mol. The van der Waals surface area contributed by atoms with Crippen molar-refractivity contribution in [2.24, 2.45) is 0 Å². The highest BCUT2D eigenvalue weighted by molar-refractivity contribution is 7.18. The van der Waals surface area contributed by atoms with E-state index in [4.69, 9.17) is 9.47 Å². The third kappa shape index (κ3) is 4.45. The minimum absolute atomic E-state index is 0.0276. The molecule has 3 aromatic heterocycles. The summed E-state index contributed by atoms with van der Waals surface area (Å²) in [7, 11) is 1.41. The van der Waals surface area contributed by atoms with E-state index < -0.39 is 54.5 Å². The molecule has 2 aromatic carbocycles. The first-order chi connectivity index (χ1) is 19.3. The molecule has 0 spiro atoms. The molecule has 4 heterocycles. The molecule has 0 unspecified atom stereocenters. The van der Waals surface area contributed by atoms with Crippen molar-refractivity contribution in [3.63, 3.8) is 0 Å².